The normalized spacial score (nSPS) is 34.6. The highest BCUT2D eigenvalue weighted by Crippen LogP contribution is 2.61. The molecule has 1 aromatic carbocycles. The summed E-state index contributed by atoms with van der Waals surface area (Å²) in [4.78, 5) is 16.6. The molecule has 6 nitrogen and oxygen atoms in total. The van der Waals surface area contributed by atoms with Gasteiger partial charge in [-0.25, -0.2) is 9.78 Å². The van der Waals surface area contributed by atoms with Gasteiger partial charge in [-0.2, -0.15) is 0 Å². The number of halogens is 1. The largest absolute Gasteiger partial charge is 0.440 e. The molecule has 2 aromatic rings. The monoisotopic (exact) mass is 389 g/mol. The lowest BCUT2D eigenvalue weighted by atomic mass is 9.50. The lowest BCUT2D eigenvalue weighted by molar-refractivity contribution is -0.0238. The van der Waals surface area contributed by atoms with E-state index in [4.69, 9.17) is 16.0 Å². The van der Waals surface area contributed by atoms with Crippen LogP contribution in [-0.4, -0.2) is 34.8 Å². The predicted molar refractivity (Wildman–Crippen MR) is 102 cm³/mol. The van der Waals surface area contributed by atoms with Gasteiger partial charge in [-0.3, -0.25) is 0 Å². The van der Waals surface area contributed by atoms with Crippen molar-refractivity contribution in [2.45, 2.75) is 56.6 Å². The second-order valence-electron chi connectivity index (χ2n) is 8.72. The first-order valence-corrected chi connectivity index (χ1v) is 10.1. The van der Waals surface area contributed by atoms with Gasteiger partial charge in [0, 0.05) is 23.5 Å². The van der Waals surface area contributed by atoms with Gasteiger partial charge in [0.2, 0.25) is 0 Å². The smallest absolute Gasteiger partial charge is 0.315 e. The third kappa shape index (κ3) is 3.29. The number of hydrogen-bond donors (Lipinski definition) is 3. The Morgan fingerprint density at radius 2 is 2.07 bits per heavy atom. The Labute approximate surface area is 162 Å². The number of benzene rings is 1. The van der Waals surface area contributed by atoms with Gasteiger partial charge in [0.05, 0.1) is 6.10 Å². The molecule has 0 aliphatic heterocycles. The Bertz CT molecular complexity index is 862. The van der Waals surface area contributed by atoms with E-state index in [1.807, 2.05) is 18.2 Å². The highest BCUT2D eigenvalue weighted by Gasteiger charge is 2.54. The summed E-state index contributed by atoms with van der Waals surface area (Å²) in [5.41, 5.74) is 1.96. The molecule has 3 fully saturated rings. The second kappa shape index (κ2) is 6.38. The van der Waals surface area contributed by atoms with Crippen LogP contribution in [0.15, 0.2) is 22.6 Å². The van der Waals surface area contributed by atoms with Crippen molar-refractivity contribution in [1.29, 1.82) is 0 Å². The van der Waals surface area contributed by atoms with E-state index in [1.54, 1.807) is 0 Å². The number of rotatable bonds is 4. The Morgan fingerprint density at radius 1 is 1.30 bits per heavy atom. The number of nitrogens with zero attached hydrogens (tertiary/aromatic N) is 1. The maximum absolute atomic E-state index is 12.0. The Balaban J connectivity index is 1.07. The molecule has 144 valence electrons. The zero-order valence-corrected chi connectivity index (χ0v) is 15.8. The molecule has 0 unspecified atom stereocenters. The number of fused-ring (bicyclic) bond motifs is 1. The summed E-state index contributed by atoms with van der Waals surface area (Å²) in [6, 6.07) is 5.71. The highest BCUT2D eigenvalue weighted by atomic mass is 35.5. The van der Waals surface area contributed by atoms with Gasteiger partial charge < -0.3 is 20.2 Å². The van der Waals surface area contributed by atoms with Crippen LogP contribution in [0, 0.1) is 11.3 Å². The quantitative estimate of drug-likeness (QED) is 0.745. The zero-order chi connectivity index (χ0) is 18.6. The van der Waals surface area contributed by atoms with Crippen molar-refractivity contribution in [3.63, 3.8) is 0 Å². The summed E-state index contributed by atoms with van der Waals surface area (Å²) < 4.78 is 5.89. The van der Waals surface area contributed by atoms with Gasteiger partial charge in [-0.05, 0) is 68.1 Å². The fraction of sp³-hybridized carbons (Fsp3) is 0.600. The highest BCUT2D eigenvalue weighted by molar-refractivity contribution is 6.31. The first-order chi connectivity index (χ1) is 13.0. The maximum Gasteiger partial charge on any atom is 0.315 e. The van der Waals surface area contributed by atoms with E-state index in [2.05, 4.69) is 15.6 Å². The molecule has 27 heavy (non-hydrogen) atoms. The third-order valence-corrected chi connectivity index (χ3v) is 6.77. The number of urea groups is 1. The lowest BCUT2D eigenvalue weighted by Gasteiger charge is -2.57. The van der Waals surface area contributed by atoms with Crippen LogP contribution in [0.5, 0.6) is 0 Å². The summed E-state index contributed by atoms with van der Waals surface area (Å²) in [7, 11) is 0. The van der Waals surface area contributed by atoms with Crippen molar-refractivity contribution in [3.05, 3.63) is 29.1 Å². The van der Waals surface area contributed by atoms with Crippen molar-refractivity contribution in [3.8, 4) is 0 Å². The molecule has 1 aromatic heterocycles. The first-order valence-electron chi connectivity index (χ1n) is 9.76. The third-order valence-electron chi connectivity index (χ3n) is 6.53. The molecule has 0 saturated heterocycles. The van der Waals surface area contributed by atoms with E-state index < -0.39 is 0 Å². The zero-order valence-electron chi connectivity index (χ0n) is 15.1. The minimum atomic E-state index is -0.170. The average molecular weight is 390 g/mol. The van der Waals surface area contributed by atoms with Gasteiger partial charge in [-0.15, -0.1) is 0 Å². The van der Waals surface area contributed by atoms with Crippen LogP contribution >= 0.6 is 11.6 Å². The van der Waals surface area contributed by atoms with E-state index in [9.17, 15) is 9.90 Å². The number of hydrogen-bond acceptors (Lipinski definition) is 4. The Morgan fingerprint density at radius 3 is 2.81 bits per heavy atom. The number of aliphatic hydroxyl groups excluding tert-OH is 1. The van der Waals surface area contributed by atoms with E-state index in [0.29, 0.717) is 28.8 Å². The Kier molecular flexibility index (Phi) is 4.09. The van der Waals surface area contributed by atoms with Gasteiger partial charge in [-0.1, -0.05) is 11.6 Å². The molecule has 3 aliphatic rings. The molecular weight excluding hydrogens is 366 g/mol. The second-order valence-corrected chi connectivity index (χ2v) is 9.16. The molecule has 5 rings (SSSR count). The summed E-state index contributed by atoms with van der Waals surface area (Å²) >= 11 is 6.01. The lowest BCUT2D eigenvalue weighted by Crippen LogP contribution is -2.57. The van der Waals surface area contributed by atoms with Crippen LogP contribution in [-0.2, 0) is 0 Å². The van der Waals surface area contributed by atoms with Crippen LogP contribution in [0.4, 0.5) is 4.79 Å². The molecule has 0 radical (unpaired) electrons. The fourth-order valence-electron chi connectivity index (χ4n) is 5.01. The molecule has 1 heterocycles. The molecule has 3 saturated carbocycles. The van der Waals surface area contributed by atoms with Gasteiger partial charge in [0.1, 0.15) is 5.52 Å². The summed E-state index contributed by atoms with van der Waals surface area (Å²) in [5, 5.41) is 15.9. The minimum Gasteiger partial charge on any atom is -0.440 e. The topological polar surface area (TPSA) is 87.4 Å². The van der Waals surface area contributed by atoms with E-state index in [-0.39, 0.29) is 18.2 Å². The molecule has 0 bridgehead atoms. The van der Waals surface area contributed by atoms with Crippen molar-refractivity contribution < 1.29 is 14.3 Å². The molecule has 7 heteroatoms. The molecule has 3 N–H and O–H groups in total. The number of aliphatic hydroxyl groups is 1. The average Bonchev–Trinajstić information content (AvgIpc) is 2.93. The number of amides is 2. The fourth-order valence-corrected chi connectivity index (χ4v) is 5.18. The molecular formula is C20H24ClN3O3. The SMILES string of the molecule is O=C(NCC1CC(O)C1)NC1CC2(C1)CC(c1nc3cc(Cl)ccc3o1)C2. The minimum absolute atomic E-state index is 0.0806. The number of aromatic nitrogens is 1. The van der Waals surface area contributed by atoms with Crippen LogP contribution in [0.2, 0.25) is 5.02 Å². The maximum atomic E-state index is 12.0. The van der Waals surface area contributed by atoms with E-state index in [1.165, 1.54) is 0 Å². The number of nitrogens with one attached hydrogen (secondary N) is 2. The Hall–Kier alpha value is -1.79. The molecule has 0 atom stereocenters. The van der Waals surface area contributed by atoms with Crippen LogP contribution in [0.1, 0.15) is 50.3 Å². The number of carbonyl (C=O) groups is 1. The van der Waals surface area contributed by atoms with Crippen LogP contribution in [0.3, 0.4) is 0 Å². The first kappa shape index (κ1) is 17.3. The number of oxazole rings is 1. The predicted octanol–water partition coefficient (Wildman–Crippen LogP) is 3.58. The summed E-state index contributed by atoms with van der Waals surface area (Å²) in [5.74, 6) is 1.61. The van der Waals surface area contributed by atoms with Gasteiger partial charge in [0.15, 0.2) is 11.5 Å². The standard InChI is InChI=1S/C20H24ClN3O3/c21-13-1-2-17-16(5-13)24-18(27-17)12-6-20(7-12)8-14(9-20)23-19(26)22-10-11-3-15(25)4-11/h1-2,5,11-12,14-15,25H,3-4,6-10H2,(H2,22,23,26). The van der Waals surface area contributed by atoms with Crippen molar-refractivity contribution in [1.82, 2.24) is 15.6 Å². The number of carbonyl (C=O) groups excluding carboxylic acids is 1. The van der Waals surface area contributed by atoms with Crippen molar-refractivity contribution in [2.75, 3.05) is 6.54 Å². The van der Waals surface area contributed by atoms with Crippen molar-refractivity contribution >= 4 is 28.7 Å². The van der Waals surface area contributed by atoms with Gasteiger partial charge in [0.25, 0.3) is 0 Å². The van der Waals surface area contributed by atoms with Crippen LogP contribution in [0.25, 0.3) is 11.1 Å². The van der Waals surface area contributed by atoms with E-state index >= 15 is 0 Å². The summed E-state index contributed by atoms with van der Waals surface area (Å²) in [6.07, 6.45) is 5.65. The van der Waals surface area contributed by atoms with Crippen LogP contribution < -0.4 is 10.6 Å². The molecule has 2 amide bonds. The molecule has 3 aliphatic carbocycles. The van der Waals surface area contributed by atoms with Crippen molar-refractivity contribution in [2.24, 2.45) is 11.3 Å². The summed E-state index contributed by atoms with van der Waals surface area (Å²) in [6.45, 7) is 0.657. The molecule has 1 spiro atoms. The van der Waals surface area contributed by atoms with Gasteiger partial charge >= 0.3 is 6.03 Å². The van der Waals surface area contributed by atoms with E-state index in [0.717, 1.165) is 55.5 Å².